The summed E-state index contributed by atoms with van der Waals surface area (Å²) in [5.41, 5.74) is 2.46. The van der Waals surface area contributed by atoms with E-state index in [0.29, 0.717) is 38.1 Å². The third kappa shape index (κ3) is 3.14. The highest BCUT2D eigenvalue weighted by Crippen LogP contribution is 2.26. The standard InChI is InChI=1S/C19H21N5O3/c1-21-7-12-24-16(18(21)25)15(13-14-5-3-2-4-6-14)17(20-24)22-8-10-23(11-9-22)19(26)27/h2-7,12H,8-11,13H2,1H3,(H,26,27). The maximum absolute atomic E-state index is 12.8. The molecule has 8 heteroatoms. The summed E-state index contributed by atoms with van der Waals surface area (Å²) < 4.78 is 3.19. The van der Waals surface area contributed by atoms with Crippen molar-refractivity contribution in [1.29, 1.82) is 0 Å². The molecule has 1 amide bonds. The van der Waals surface area contributed by atoms with Gasteiger partial charge < -0.3 is 19.5 Å². The first-order valence-electron chi connectivity index (χ1n) is 8.88. The van der Waals surface area contributed by atoms with E-state index in [0.717, 1.165) is 16.9 Å². The van der Waals surface area contributed by atoms with Crippen molar-refractivity contribution in [2.45, 2.75) is 6.42 Å². The summed E-state index contributed by atoms with van der Waals surface area (Å²) in [6.45, 7) is 1.95. The molecule has 1 aromatic carbocycles. The fourth-order valence-electron chi connectivity index (χ4n) is 3.52. The summed E-state index contributed by atoms with van der Waals surface area (Å²) >= 11 is 0. The summed E-state index contributed by atoms with van der Waals surface area (Å²) in [6.07, 6.45) is 3.17. The van der Waals surface area contributed by atoms with Crippen LogP contribution in [-0.2, 0) is 13.5 Å². The molecule has 0 aliphatic carbocycles. The number of carbonyl (C=O) groups is 1. The Balaban J connectivity index is 1.78. The number of carboxylic acid groups (broad SMARTS) is 1. The van der Waals surface area contributed by atoms with Gasteiger partial charge in [0.15, 0.2) is 5.82 Å². The number of aromatic nitrogens is 3. The number of benzene rings is 1. The maximum Gasteiger partial charge on any atom is 0.407 e. The van der Waals surface area contributed by atoms with E-state index in [9.17, 15) is 9.59 Å². The lowest BCUT2D eigenvalue weighted by Crippen LogP contribution is -2.48. The lowest BCUT2D eigenvalue weighted by atomic mass is 10.1. The molecule has 1 aliphatic heterocycles. The molecule has 1 fully saturated rings. The van der Waals surface area contributed by atoms with Crippen LogP contribution in [0.15, 0.2) is 47.5 Å². The summed E-state index contributed by atoms with van der Waals surface area (Å²) in [4.78, 5) is 27.4. The lowest BCUT2D eigenvalue weighted by molar-refractivity contribution is 0.142. The van der Waals surface area contributed by atoms with Gasteiger partial charge in [-0.3, -0.25) is 4.79 Å². The predicted octanol–water partition coefficient (Wildman–Crippen LogP) is 1.42. The molecule has 8 nitrogen and oxygen atoms in total. The molecule has 0 spiro atoms. The molecule has 27 heavy (non-hydrogen) atoms. The Morgan fingerprint density at radius 1 is 1.11 bits per heavy atom. The fourth-order valence-corrected chi connectivity index (χ4v) is 3.52. The zero-order valence-corrected chi connectivity index (χ0v) is 15.1. The van der Waals surface area contributed by atoms with Crippen molar-refractivity contribution in [3.8, 4) is 0 Å². The van der Waals surface area contributed by atoms with Crippen LogP contribution in [0.4, 0.5) is 10.6 Å². The molecule has 0 bridgehead atoms. The number of rotatable bonds is 3. The minimum atomic E-state index is -0.900. The average molecular weight is 367 g/mol. The highest BCUT2D eigenvalue weighted by molar-refractivity contribution is 5.68. The molecular weight excluding hydrogens is 346 g/mol. The first-order chi connectivity index (χ1) is 13.0. The number of piperazine rings is 1. The van der Waals surface area contributed by atoms with E-state index in [1.807, 2.05) is 30.3 Å². The molecular formula is C19H21N5O3. The molecule has 140 valence electrons. The van der Waals surface area contributed by atoms with Crippen molar-refractivity contribution >= 4 is 17.4 Å². The number of anilines is 1. The number of fused-ring (bicyclic) bond motifs is 1. The molecule has 0 radical (unpaired) electrons. The van der Waals surface area contributed by atoms with Crippen LogP contribution in [0.5, 0.6) is 0 Å². The molecule has 3 heterocycles. The summed E-state index contributed by atoms with van der Waals surface area (Å²) in [7, 11) is 1.73. The van der Waals surface area contributed by atoms with Crippen molar-refractivity contribution in [2.24, 2.45) is 7.05 Å². The predicted molar refractivity (Wildman–Crippen MR) is 101 cm³/mol. The topological polar surface area (TPSA) is 83.1 Å². The van der Waals surface area contributed by atoms with Gasteiger partial charge in [0.05, 0.1) is 0 Å². The molecule has 0 saturated carbocycles. The molecule has 0 unspecified atom stereocenters. The number of amides is 1. The maximum atomic E-state index is 12.8. The van der Waals surface area contributed by atoms with Gasteiger partial charge in [0.25, 0.3) is 5.56 Å². The van der Waals surface area contributed by atoms with Crippen LogP contribution in [0.3, 0.4) is 0 Å². The van der Waals surface area contributed by atoms with E-state index >= 15 is 0 Å². The SMILES string of the molecule is Cn1ccn2nc(N3CCN(C(=O)O)CC3)c(Cc3ccccc3)c2c1=O. The smallest absolute Gasteiger partial charge is 0.407 e. The molecule has 1 saturated heterocycles. The van der Waals surface area contributed by atoms with Gasteiger partial charge >= 0.3 is 6.09 Å². The van der Waals surface area contributed by atoms with E-state index in [1.165, 1.54) is 4.90 Å². The quantitative estimate of drug-likeness (QED) is 0.757. The van der Waals surface area contributed by atoms with Crippen LogP contribution < -0.4 is 10.5 Å². The van der Waals surface area contributed by atoms with Gasteiger partial charge in [-0.25, -0.2) is 9.31 Å². The van der Waals surface area contributed by atoms with Gasteiger partial charge in [-0.1, -0.05) is 30.3 Å². The number of hydrogen-bond acceptors (Lipinski definition) is 4. The van der Waals surface area contributed by atoms with Gasteiger partial charge in [0.1, 0.15) is 5.52 Å². The normalized spacial score (nSPS) is 14.7. The van der Waals surface area contributed by atoms with Crippen molar-refractivity contribution < 1.29 is 9.90 Å². The lowest BCUT2D eigenvalue weighted by Gasteiger charge is -2.33. The van der Waals surface area contributed by atoms with Crippen LogP contribution in [0.2, 0.25) is 0 Å². The van der Waals surface area contributed by atoms with Gasteiger partial charge in [-0.15, -0.1) is 5.10 Å². The van der Waals surface area contributed by atoms with Crippen molar-refractivity contribution in [3.63, 3.8) is 0 Å². The van der Waals surface area contributed by atoms with E-state index in [4.69, 9.17) is 5.11 Å². The first kappa shape index (κ1) is 17.1. The van der Waals surface area contributed by atoms with Crippen molar-refractivity contribution in [1.82, 2.24) is 19.1 Å². The summed E-state index contributed by atoms with van der Waals surface area (Å²) in [5, 5.41) is 13.8. The zero-order valence-electron chi connectivity index (χ0n) is 15.1. The molecule has 1 N–H and O–H groups in total. The minimum Gasteiger partial charge on any atom is -0.465 e. The molecule has 0 atom stereocenters. The van der Waals surface area contributed by atoms with Gasteiger partial charge in [-0.2, -0.15) is 0 Å². The second-order valence-electron chi connectivity index (χ2n) is 6.73. The monoisotopic (exact) mass is 367 g/mol. The summed E-state index contributed by atoms with van der Waals surface area (Å²) in [6, 6.07) is 9.98. The Labute approximate surface area is 155 Å². The van der Waals surface area contributed by atoms with E-state index in [-0.39, 0.29) is 5.56 Å². The second kappa shape index (κ2) is 6.79. The van der Waals surface area contributed by atoms with Crippen molar-refractivity contribution in [3.05, 3.63) is 64.2 Å². The van der Waals surface area contributed by atoms with Crippen LogP contribution in [0.25, 0.3) is 5.52 Å². The Kier molecular flexibility index (Phi) is 4.31. The molecule has 3 aromatic rings. The summed E-state index contributed by atoms with van der Waals surface area (Å²) in [5.74, 6) is 0.757. The largest absolute Gasteiger partial charge is 0.465 e. The van der Waals surface area contributed by atoms with E-state index < -0.39 is 6.09 Å². The molecule has 4 rings (SSSR count). The molecule has 1 aliphatic rings. The van der Waals surface area contributed by atoms with Gasteiger partial charge in [0, 0.05) is 57.6 Å². The Morgan fingerprint density at radius 3 is 2.48 bits per heavy atom. The number of aryl methyl sites for hydroxylation is 1. The first-order valence-corrected chi connectivity index (χ1v) is 8.88. The minimum absolute atomic E-state index is 0.0913. The van der Waals surface area contributed by atoms with Crippen LogP contribution in [-0.4, -0.2) is 56.5 Å². The van der Waals surface area contributed by atoms with Crippen LogP contribution in [0, 0.1) is 0 Å². The third-order valence-electron chi connectivity index (χ3n) is 5.02. The fraction of sp³-hybridized carbons (Fsp3) is 0.316. The number of nitrogens with zero attached hydrogens (tertiary/aromatic N) is 5. The Hall–Kier alpha value is -3.29. The van der Waals surface area contributed by atoms with Gasteiger partial charge in [0.2, 0.25) is 0 Å². The van der Waals surface area contributed by atoms with E-state index in [2.05, 4.69) is 10.00 Å². The second-order valence-corrected chi connectivity index (χ2v) is 6.73. The highest BCUT2D eigenvalue weighted by atomic mass is 16.4. The molecule has 2 aromatic heterocycles. The third-order valence-corrected chi connectivity index (χ3v) is 5.02. The van der Waals surface area contributed by atoms with Crippen LogP contribution >= 0.6 is 0 Å². The van der Waals surface area contributed by atoms with E-state index in [1.54, 1.807) is 28.5 Å². The van der Waals surface area contributed by atoms with Crippen molar-refractivity contribution in [2.75, 3.05) is 31.1 Å². The van der Waals surface area contributed by atoms with Gasteiger partial charge in [-0.05, 0) is 5.56 Å². The Morgan fingerprint density at radius 2 is 1.81 bits per heavy atom. The number of hydrogen-bond donors (Lipinski definition) is 1. The van der Waals surface area contributed by atoms with Crippen LogP contribution in [0.1, 0.15) is 11.1 Å². The zero-order chi connectivity index (χ0) is 19.0. The Bertz CT molecular complexity index is 1030. The average Bonchev–Trinajstić information content (AvgIpc) is 3.04. The highest BCUT2D eigenvalue weighted by Gasteiger charge is 2.26.